The van der Waals surface area contributed by atoms with E-state index in [0.717, 1.165) is 6.42 Å². The highest BCUT2D eigenvalue weighted by Gasteiger charge is 2.20. The van der Waals surface area contributed by atoms with Gasteiger partial charge < -0.3 is 15.4 Å². The molecule has 106 valence electrons. The molecule has 0 saturated carbocycles. The van der Waals surface area contributed by atoms with Gasteiger partial charge in [-0.3, -0.25) is 10.1 Å². The van der Waals surface area contributed by atoms with Gasteiger partial charge in [-0.1, -0.05) is 13.0 Å². The lowest BCUT2D eigenvalue weighted by atomic mass is 10.2. The van der Waals surface area contributed by atoms with Crippen molar-refractivity contribution in [2.24, 2.45) is 0 Å². The zero-order valence-corrected chi connectivity index (χ0v) is 11.6. The molecule has 0 radical (unpaired) electrons. The molecule has 0 saturated heterocycles. The second kappa shape index (κ2) is 7.58. The summed E-state index contributed by atoms with van der Waals surface area (Å²) in [5.41, 5.74) is 1.14. The van der Waals surface area contributed by atoms with Crippen molar-refractivity contribution in [3.63, 3.8) is 0 Å². The van der Waals surface area contributed by atoms with Crippen LogP contribution in [0.15, 0.2) is 18.2 Å². The highest BCUT2D eigenvalue weighted by Crippen LogP contribution is 2.33. The van der Waals surface area contributed by atoms with Crippen molar-refractivity contribution < 1.29 is 9.66 Å². The van der Waals surface area contributed by atoms with E-state index in [4.69, 9.17) is 4.74 Å². The van der Waals surface area contributed by atoms with E-state index >= 15 is 0 Å². The number of ether oxygens (including phenoxy) is 1. The smallest absolute Gasteiger partial charge is 0.315 e. The molecule has 1 aromatic rings. The van der Waals surface area contributed by atoms with Crippen LogP contribution < -0.4 is 10.6 Å². The monoisotopic (exact) mass is 267 g/mol. The van der Waals surface area contributed by atoms with E-state index in [1.54, 1.807) is 25.3 Å². The van der Waals surface area contributed by atoms with Crippen LogP contribution in [0.2, 0.25) is 0 Å². The van der Waals surface area contributed by atoms with Crippen molar-refractivity contribution in [2.45, 2.75) is 26.3 Å². The molecule has 1 aromatic carbocycles. The molecule has 19 heavy (non-hydrogen) atoms. The van der Waals surface area contributed by atoms with Gasteiger partial charge in [0.1, 0.15) is 11.4 Å². The molecule has 0 aliphatic carbocycles. The van der Waals surface area contributed by atoms with E-state index in [-0.39, 0.29) is 16.7 Å². The Kier molecular flexibility index (Phi) is 6.08. The molecule has 0 aliphatic heterocycles. The van der Waals surface area contributed by atoms with Gasteiger partial charge >= 0.3 is 5.69 Å². The Hall–Kier alpha value is -1.82. The molecular formula is C13H21N3O3. The summed E-state index contributed by atoms with van der Waals surface area (Å²) in [5.74, 6) is 0. The van der Waals surface area contributed by atoms with Gasteiger partial charge in [0.25, 0.3) is 0 Å². The van der Waals surface area contributed by atoms with Crippen molar-refractivity contribution in [3.05, 3.63) is 28.3 Å². The fourth-order valence-corrected chi connectivity index (χ4v) is 1.87. The van der Waals surface area contributed by atoms with Gasteiger partial charge in [-0.05, 0) is 25.5 Å². The topological polar surface area (TPSA) is 76.4 Å². The fourth-order valence-electron chi connectivity index (χ4n) is 1.87. The first-order valence-corrected chi connectivity index (χ1v) is 6.40. The van der Waals surface area contributed by atoms with Crippen LogP contribution in [0.3, 0.4) is 0 Å². The Labute approximate surface area is 113 Å². The van der Waals surface area contributed by atoms with Crippen molar-refractivity contribution in [2.75, 3.05) is 30.9 Å². The molecule has 6 nitrogen and oxygen atoms in total. The summed E-state index contributed by atoms with van der Waals surface area (Å²) in [6.45, 7) is 5.07. The number of hydrogen-bond acceptors (Lipinski definition) is 5. The number of rotatable bonds is 8. The zero-order valence-electron chi connectivity index (χ0n) is 11.6. The van der Waals surface area contributed by atoms with Gasteiger partial charge in [-0.25, -0.2) is 0 Å². The van der Waals surface area contributed by atoms with Crippen LogP contribution in [0.25, 0.3) is 0 Å². The molecule has 1 atom stereocenters. The Morgan fingerprint density at radius 2 is 2.05 bits per heavy atom. The second-order valence-electron chi connectivity index (χ2n) is 4.19. The Balaban J connectivity index is 3.04. The molecule has 1 unspecified atom stereocenters. The number of nitrogens with zero attached hydrogens (tertiary/aromatic N) is 1. The Morgan fingerprint density at radius 1 is 1.37 bits per heavy atom. The maximum Gasteiger partial charge on any atom is 0.315 e. The van der Waals surface area contributed by atoms with Crippen LogP contribution in [0, 0.1) is 10.1 Å². The summed E-state index contributed by atoms with van der Waals surface area (Å²) in [5, 5.41) is 17.4. The molecule has 0 aromatic heterocycles. The molecule has 0 spiro atoms. The van der Waals surface area contributed by atoms with E-state index in [2.05, 4.69) is 10.6 Å². The number of benzene rings is 1. The quantitative estimate of drug-likeness (QED) is 0.559. The zero-order chi connectivity index (χ0) is 14.3. The number of nitrogens with one attached hydrogen (secondary N) is 2. The van der Waals surface area contributed by atoms with E-state index in [9.17, 15) is 10.1 Å². The largest absolute Gasteiger partial charge is 0.383 e. The van der Waals surface area contributed by atoms with Gasteiger partial charge in [0, 0.05) is 19.7 Å². The Morgan fingerprint density at radius 3 is 2.58 bits per heavy atom. The van der Waals surface area contributed by atoms with Gasteiger partial charge in [-0.15, -0.1) is 0 Å². The van der Waals surface area contributed by atoms with E-state index in [1.165, 1.54) is 0 Å². The maximum atomic E-state index is 11.2. The SMILES string of the molecule is CCNc1cccc(NC(CC)COC)c1[N+](=O)[O-]. The average Bonchev–Trinajstić information content (AvgIpc) is 2.38. The molecule has 6 heteroatoms. The lowest BCUT2D eigenvalue weighted by Crippen LogP contribution is -2.24. The minimum Gasteiger partial charge on any atom is -0.383 e. The third kappa shape index (κ3) is 4.10. The summed E-state index contributed by atoms with van der Waals surface area (Å²) in [4.78, 5) is 10.9. The third-order valence-electron chi connectivity index (χ3n) is 2.81. The predicted octanol–water partition coefficient (Wildman–Crippen LogP) is 2.86. The van der Waals surface area contributed by atoms with Crippen LogP contribution in [-0.4, -0.2) is 31.2 Å². The minimum absolute atomic E-state index is 0.0561. The van der Waals surface area contributed by atoms with Crippen LogP contribution in [0.5, 0.6) is 0 Å². The third-order valence-corrected chi connectivity index (χ3v) is 2.81. The Bertz CT molecular complexity index is 424. The highest BCUT2D eigenvalue weighted by molar-refractivity contribution is 5.76. The molecule has 1 rings (SSSR count). The minimum atomic E-state index is -0.361. The standard InChI is InChI=1S/C13H21N3O3/c1-4-10(9-19-3)15-12-8-6-7-11(14-5-2)13(12)16(17)18/h6-8,10,14-15H,4-5,9H2,1-3H3. The molecule has 0 aliphatic rings. The van der Waals surface area contributed by atoms with Gasteiger partial charge in [0.2, 0.25) is 0 Å². The van der Waals surface area contributed by atoms with Crippen molar-refractivity contribution in [3.8, 4) is 0 Å². The number of anilines is 2. The van der Waals surface area contributed by atoms with Gasteiger partial charge in [0.05, 0.1) is 11.5 Å². The lowest BCUT2D eigenvalue weighted by Gasteiger charge is -2.18. The molecule has 0 amide bonds. The van der Waals surface area contributed by atoms with Crippen LogP contribution in [0.1, 0.15) is 20.3 Å². The first-order valence-electron chi connectivity index (χ1n) is 6.40. The van der Waals surface area contributed by atoms with Crippen molar-refractivity contribution in [1.82, 2.24) is 0 Å². The summed E-state index contributed by atoms with van der Waals surface area (Å²) in [6.07, 6.45) is 0.830. The van der Waals surface area contributed by atoms with Crippen LogP contribution >= 0.6 is 0 Å². The first-order chi connectivity index (χ1) is 9.13. The van der Waals surface area contributed by atoms with E-state index in [0.29, 0.717) is 24.5 Å². The summed E-state index contributed by atoms with van der Waals surface area (Å²) in [6, 6.07) is 5.29. The lowest BCUT2D eigenvalue weighted by molar-refractivity contribution is -0.383. The average molecular weight is 267 g/mol. The van der Waals surface area contributed by atoms with Crippen LogP contribution in [-0.2, 0) is 4.74 Å². The molecule has 0 fully saturated rings. The first kappa shape index (κ1) is 15.2. The summed E-state index contributed by atoms with van der Waals surface area (Å²) in [7, 11) is 1.62. The number of methoxy groups -OCH3 is 1. The maximum absolute atomic E-state index is 11.2. The molecule has 0 bridgehead atoms. The van der Waals surface area contributed by atoms with Crippen molar-refractivity contribution >= 4 is 17.1 Å². The summed E-state index contributed by atoms with van der Waals surface area (Å²) >= 11 is 0. The van der Waals surface area contributed by atoms with E-state index in [1.807, 2.05) is 13.8 Å². The van der Waals surface area contributed by atoms with E-state index < -0.39 is 0 Å². The van der Waals surface area contributed by atoms with Crippen molar-refractivity contribution in [1.29, 1.82) is 0 Å². The number of nitro groups is 1. The molecule has 2 N–H and O–H groups in total. The summed E-state index contributed by atoms with van der Waals surface area (Å²) < 4.78 is 5.10. The molecule has 0 heterocycles. The van der Waals surface area contributed by atoms with Gasteiger partial charge in [0.15, 0.2) is 0 Å². The molecular weight excluding hydrogens is 246 g/mol. The fraction of sp³-hybridized carbons (Fsp3) is 0.538. The number of para-hydroxylation sites is 1. The van der Waals surface area contributed by atoms with Gasteiger partial charge in [-0.2, -0.15) is 0 Å². The predicted molar refractivity (Wildman–Crippen MR) is 76.8 cm³/mol. The second-order valence-corrected chi connectivity index (χ2v) is 4.19. The van der Waals surface area contributed by atoms with Crippen LogP contribution in [0.4, 0.5) is 17.1 Å². The normalized spacial score (nSPS) is 11.9. The number of hydrogen-bond donors (Lipinski definition) is 2. The highest BCUT2D eigenvalue weighted by atomic mass is 16.6. The number of nitro benzene ring substituents is 1.